The molecule has 7 heteroatoms. The monoisotopic (exact) mass is 302 g/mol. The van der Waals surface area contributed by atoms with Crippen LogP contribution in [0.5, 0.6) is 0 Å². The van der Waals surface area contributed by atoms with Crippen LogP contribution in [0.1, 0.15) is 12.0 Å². The van der Waals surface area contributed by atoms with Crippen molar-refractivity contribution in [2.75, 3.05) is 26.7 Å². The Morgan fingerprint density at radius 1 is 1.50 bits per heavy atom. The van der Waals surface area contributed by atoms with Crippen molar-refractivity contribution in [1.29, 1.82) is 0 Å². The third-order valence-corrected chi connectivity index (χ3v) is 4.97. The maximum Gasteiger partial charge on any atom is 0.240 e. The number of rotatable bonds is 5. The van der Waals surface area contributed by atoms with Gasteiger partial charge in [-0.05, 0) is 44.1 Å². The van der Waals surface area contributed by atoms with Gasteiger partial charge in [0, 0.05) is 18.7 Å². The van der Waals surface area contributed by atoms with E-state index in [2.05, 4.69) is 9.62 Å². The van der Waals surface area contributed by atoms with Gasteiger partial charge < -0.3 is 10.0 Å². The molecule has 112 valence electrons. The Hall–Kier alpha value is -1.02. The molecule has 0 spiro atoms. The smallest absolute Gasteiger partial charge is 0.240 e. The predicted octanol–water partition coefficient (Wildman–Crippen LogP) is 0.548. The van der Waals surface area contributed by atoms with Crippen molar-refractivity contribution in [2.24, 2.45) is 5.92 Å². The first kappa shape index (κ1) is 15.4. The number of hydrogen-bond acceptors (Lipinski definition) is 4. The third-order valence-electron chi connectivity index (χ3n) is 3.55. The summed E-state index contributed by atoms with van der Waals surface area (Å²) in [5.74, 6) is -0.309. The molecule has 1 heterocycles. The Morgan fingerprint density at radius 2 is 2.25 bits per heavy atom. The molecule has 0 aliphatic carbocycles. The van der Waals surface area contributed by atoms with Gasteiger partial charge in [0.2, 0.25) is 10.0 Å². The molecule has 2 rings (SSSR count). The van der Waals surface area contributed by atoms with E-state index in [0.29, 0.717) is 12.5 Å². The van der Waals surface area contributed by atoms with Crippen molar-refractivity contribution in [3.63, 3.8) is 0 Å². The Labute approximate surface area is 118 Å². The zero-order chi connectivity index (χ0) is 14.8. The summed E-state index contributed by atoms with van der Waals surface area (Å²) in [6.07, 6.45) is 0.963. The average molecular weight is 302 g/mol. The SMILES string of the molecule is CN1CCC(CNS(=O)(=O)c2ccc(F)c(CO)c2)C1. The number of nitrogens with one attached hydrogen (secondary N) is 1. The first-order valence-corrected chi connectivity index (χ1v) is 7.98. The molecule has 1 saturated heterocycles. The van der Waals surface area contributed by atoms with E-state index in [1.807, 2.05) is 7.05 Å². The molecule has 1 atom stereocenters. The van der Waals surface area contributed by atoms with Crippen molar-refractivity contribution >= 4 is 10.0 Å². The fraction of sp³-hybridized carbons (Fsp3) is 0.538. The van der Waals surface area contributed by atoms with Gasteiger partial charge in [0.25, 0.3) is 0 Å². The molecule has 0 radical (unpaired) electrons. The van der Waals surface area contributed by atoms with E-state index < -0.39 is 22.4 Å². The topological polar surface area (TPSA) is 69.6 Å². The van der Waals surface area contributed by atoms with Crippen LogP contribution in [0.15, 0.2) is 23.1 Å². The Bertz CT molecular complexity index is 577. The van der Waals surface area contributed by atoms with E-state index in [-0.39, 0.29) is 10.5 Å². The van der Waals surface area contributed by atoms with Gasteiger partial charge in [0.1, 0.15) is 5.82 Å². The normalized spacial score (nSPS) is 20.4. The summed E-state index contributed by atoms with van der Waals surface area (Å²) in [6, 6.07) is 3.43. The van der Waals surface area contributed by atoms with Crippen LogP contribution in [0.25, 0.3) is 0 Å². The number of nitrogens with zero attached hydrogens (tertiary/aromatic N) is 1. The number of halogens is 1. The number of sulfonamides is 1. The molecule has 0 bridgehead atoms. The van der Waals surface area contributed by atoms with E-state index in [9.17, 15) is 12.8 Å². The van der Waals surface area contributed by atoms with Gasteiger partial charge in [0.15, 0.2) is 0 Å². The van der Waals surface area contributed by atoms with Crippen LogP contribution >= 0.6 is 0 Å². The Kier molecular flexibility index (Phi) is 4.74. The average Bonchev–Trinajstić information content (AvgIpc) is 2.83. The van der Waals surface area contributed by atoms with Crippen LogP contribution in [0.3, 0.4) is 0 Å². The Balaban J connectivity index is 2.06. The number of hydrogen-bond donors (Lipinski definition) is 2. The largest absolute Gasteiger partial charge is 0.392 e. The van der Waals surface area contributed by atoms with Gasteiger partial charge in [-0.2, -0.15) is 0 Å². The molecule has 1 aliphatic heterocycles. The highest BCUT2D eigenvalue weighted by atomic mass is 32.2. The lowest BCUT2D eigenvalue weighted by molar-refractivity contribution is 0.275. The first-order chi connectivity index (χ1) is 9.42. The number of aliphatic hydroxyl groups excluding tert-OH is 1. The molecule has 1 fully saturated rings. The molecule has 1 aromatic rings. The highest BCUT2D eigenvalue weighted by Crippen LogP contribution is 2.17. The van der Waals surface area contributed by atoms with E-state index >= 15 is 0 Å². The Morgan fingerprint density at radius 3 is 2.85 bits per heavy atom. The molecule has 0 aromatic heterocycles. The van der Waals surface area contributed by atoms with Crippen molar-refractivity contribution in [1.82, 2.24) is 9.62 Å². The fourth-order valence-electron chi connectivity index (χ4n) is 2.34. The van der Waals surface area contributed by atoms with Gasteiger partial charge in [-0.3, -0.25) is 0 Å². The molecular weight excluding hydrogens is 283 g/mol. The highest BCUT2D eigenvalue weighted by Gasteiger charge is 2.22. The molecular formula is C13H19FN2O3S. The van der Waals surface area contributed by atoms with Crippen LogP contribution in [-0.2, 0) is 16.6 Å². The number of likely N-dealkylation sites (tertiary alicyclic amines) is 1. The van der Waals surface area contributed by atoms with E-state index in [1.165, 1.54) is 12.1 Å². The van der Waals surface area contributed by atoms with Gasteiger partial charge in [-0.1, -0.05) is 0 Å². The standard InChI is InChI=1S/C13H19FN2O3S/c1-16-5-4-10(8-16)7-15-20(18,19)12-2-3-13(14)11(6-12)9-17/h2-3,6,10,15,17H,4-5,7-9H2,1H3. The minimum absolute atomic E-state index is 0.0192. The summed E-state index contributed by atoms with van der Waals surface area (Å²) >= 11 is 0. The second-order valence-electron chi connectivity index (χ2n) is 5.18. The van der Waals surface area contributed by atoms with E-state index in [0.717, 1.165) is 25.6 Å². The molecule has 5 nitrogen and oxygen atoms in total. The van der Waals surface area contributed by atoms with E-state index in [1.54, 1.807) is 0 Å². The summed E-state index contributed by atoms with van der Waals surface area (Å²) in [5, 5.41) is 8.98. The van der Waals surface area contributed by atoms with Crippen LogP contribution in [0.2, 0.25) is 0 Å². The summed E-state index contributed by atoms with van der Waals surface area (Å²) in [7, 11) is -1.66. The van der Waals surface area contributed by atoms with Gasteiger partial charge in [-0.25, -0.2) is 17.5 Å². The van der Waals surface area contributed by atoms with Crippen LogP contribution in [0, 0.1) is 11.7 Å². The van der Waals surface area contributed by atoms with Crippen molar-refractivity contribution in [2.45, 2.75) is 17.9 Å². The molecule has 1 unspecified atom stereocenters. The molecule has 0 saturated carbocycles. The van der Waals surface area contributed by atoms with Crippen LogP contribution < -0.4 is 4.72 Å². The predicted molar refractivity (Wildman–Crippen MR) is 73.1 cm³/mol. The van der Waals surface area contributed by atoms with Crippen LogP contribution in [-0.4, -0.2) is 45.1 Å². The highest BCUT2D eigenvalue weighted by molar-refractivity contribution is 7.89. The van der Waals surface area contributed by atoms with Crippen molar-refractivity contribution < 1.29 is 17.9 Å². The lowest BCUT2D eigenvalue weighted by Gasteiger charge is -2.12. The first-order valence-electron chi connectivity index (χ1n) is 6.50. The fourth-order valence-corrected chi connectivity index (χ4v) is 3.51. The lowest BCUT2D eigenvalue weighted by atomic mass is 10.1. The van der Waals surface area contributed by atoms with E-state index in [4.69, 9.17) is 5.11 Å². The molecule has 0 amide bonds. The zero-order valence-corrected chi connectivity index (χ0v) is 12.2. The third kappa shape index (κ3) is 3.54. The quantitative estimate of drug-likeness (QED) is 0.833. The molecule has 1 aromatic carbocycles. The summed E-state index contributed by atoms with van der Waals surface area (Å²) in [5.41, 5.74) is -0.0199. The van der Waals surface area contributed by atoms with Gasteiger partial charge in [0.05, 0.1) is 11.5 Å². The summed E-state index contributed by atoms with van der Waals surface area (Å²) in [6.45, 7) is 1.69. The number of aliphatic hydroxyl groups is 1. The summed E-state index contributed by atoms with van der Waals surface area (Å²) in [4.78, 5) is 2.13. The summed E-state index contributed by atoms with van der Waals surface area (Å²) < 4.78 is 40.0. The second kappa shape index (κ2) is 6.17. The minimum Gasteiger partial charge on any atom is -0.392 e. The molecule has 2 N–H and O–H groups in total. The van der Waals surface area contributed by atoms with Crippen molar-refractivity contribution in [3.8, 4) is 0 Å². The van der Waals surface area contributed by atoms with Gasteiger partial charge >= 0.3 is 0 Å². The number of benzene rings is 1. The zero-order valence-electron chi connectivity index (χ0n) is 11.3. The molecule has 20 heavy (non-hydrogen) atoms. The lowest BCUT2D eigenvalue weighted by Crippen LogP contribution is -2.30. The molecule has 1 aliphatic rings. The second-order valence-corrected chi connectivity index (χ2v) is 6.95. The maximum atomic E-state index is 13.3. The van der Waals surface area contributed by atoms with Gasteiger partial charge in [-0.15, -0.1) is 0 Å². The van der Waals surface area contributed by atoms with Crippen molar-refractivity contribution in [3.05, 3.63) is 29.6 Å². The minimum atomic E-state index is -3.66. The van der Waals surface area contributed by atoms with Crippen LogP contribution in [0.4, 0.5) is 4.39 Å². The maximum absolute atomic E-state index is 13.3.